The Labute approximate surface area is 96.5 Å². The van der Waals surface area contributed by atoms with Crippen molar-refractivity contribution >= 4 is 19.7 Å². The zero-order valence-electron chi connectivity index (χ0n) is 9.98. The third-order valence-electron chi connectivity index (χ3n) is 3.04. The number of carbonyl (C=O) groups excluding carboxylic acids is 1. The van der Waals surface area contributed by atoms with Crippen molar-refractivity contribution < 1.29 is 4.79 Å². The highest BCUT2D eigenvalue weighted by atomic mass is 16.2. The Balaban J connectivity index is 2.61. The van der Waals surface area contributed by atoms with Crippen LogP contribution in [0.5, 0.6) is 0 Å². The first-order valence-electron chi connectivity index (χ1n) is 5.33. The van der Waals surface area contributed by atoms with Gasteiger partial charge in [-0.05, 0) is 25.8 Å². The van der Waals surface area contributed by atoms with Gasteiger partial charge in [0.05, 0.1) is 11.1 Å². The molecule has 16 heavy (non-hydrogen) atoms. The molecule has 1 amide bonds. The third kappa shape index (κ3) is 1.34. The number of hydrogen-bond acceptors (Lipinski definition) is 3. The van der Waals surface area contributed by atoms with Crippen molar-refractivity contribution in [2.45, 2.75) is 39.0 Å². The topological polar surface area (TPSA) is 46.1 Å². The summed E-state index contributed by atoms with van der Waals surface area (Å²) in [7, 11) is 5.67. The van der Waals surface area contributed by atoms with Crippen LogP contribution in [0.2, 0.25) is 0 Å². The van der Waals surface area contributed by atoms with Crippen LogP contribution in [0, 0.1) is 0 Å². The van der Waals surface area contributed by atoms with Crippen LogP contribution in [0.25, 0.3) is 0 Å². The molecule has 0 unspecified atom stereocenters. The number of fused-ring (bicyclic) bond motifs is 1. The van der Waals surface area contributed by atoms with Crippen LogP contribution in [0.1, 0.15) is 44.9 Å². The van der Waals surface area contributed by atoms with Crippen molar-refractivity contribution in [3.8, 4) is 0 Å². The Morgan fingerprint density at radius 2 is 2.00 bits per heavy atom. The molecule has 4 nitrogen and oxygen atoms in total. The maximum absolute atomic E-state index is 11.9. The number of nitrogens with zero attached hydrogens (tertiary/aromatic N) is 3. The molecule has 82 valence electrons. The Morgan fingerprint density at radius 3 is 2.56 bits per heavy atom. The number of amides is 1. The van der Waals surface area contributed by atoms with Gasteiger partial charge in [-0.15, -0.1) is 5.10 Å². The molecule has 0 saturated carbocycles. The van der Waals surface area contributed by atoms with E-state index in [1.807, 2.05) is 33.8 Å². The van der Waals surface area contributed by atoms with Crippen LogP contribution in [0.3, 0.4) is 0 Å². The molecule has 0 bridgehead atoms. The first-order chi connectivity index (χ1) is 7.35. The van der Waals surface area contributed by atoms with Gasteiger partial charge in [-0.3, -0.25) is 4.79 Å². The Morgan fingerprint density at radius 1 is 1.38 bits per heavy atom. The number of hydrogen-bond donors (Lipinski definition) is 0. The van der Waals surface area contributed by atoms with Gasteiger partial charge in [0.2, 0.25) is 13.9 Å². The van der Waals surface area contributed by atoms with E-state index in [0.717, 1.165) is 16.1 Å². The molecule has 1 aliphatic heterocycles. The van der Waals surface area contributed by atoms with Gasteiger partial charge in [-0.2, -0.15) is 5.10 Å². The minimum atomic E-state index is -0.607. The smallest absolute Gasteiger partial charge is 0.240 e. The number of aromatic nitrogens is 2. The van der Waals surface area contributed by atoms with Gasteiger partial charge < -0.3 is 4.81 Å². The van der Waals surface area contributed by atoms with Crippen LogP contribution < -0.4 is 4.81 Å². The van der Waals surface area contributed by atoms with E-state index in [1.54, 1.807) is 0 Å². The lowest BCUT2D eigenvalue weighted by molar-refractivity contribution is -0.121. The lowest BCUT2D eigenvalue weighted by Crippen LogP contribution is -2.34. The average molecular weight is 215 g/mol. The fourth-order valence-electron chi connectivity index (χ4n) is 1.83. The van der Waals surface area contributed by atoms with E-state index in [1.165, 1.54) is 0 Å². The standard InChI is InChI=1S/C11H14BN3O/c1-6(2)8-5-7-9(14-13-8)15(12)10(16)11(7,3)4/h5-6H,1-4H3. The van der Waals surface area contributed by atoms with Gasteiger partial charge in [0.1, 0.15) is 5.82 Å². The maximum atomic E-state index is 11.9. The number of carbonyl (C=O) groups is 1. The molecule has 0 fully saturated rings. The van der Waals surface area contributed by atoms with Crippen molar-refractivity contribution in [3.63, 3.8) is 0 Å². The molecule has 1 aromatic heterocycles. The monoisotopic (exact) mass is 215 g/mol. The van der Waals surface area contributed by atoms with Crippen LogP contribution in [-0.2, 0) is 10.2 Å². The molecule has 2 heterocycles. The van der Waals surface area contributed by atoms with Gasteiger partial charge in [-0.25, -0.2) is 0 Å². The summed E-state index contributed by atoms with van der Waals surface area (Å²) in [5.41, 5.74) is 1.14. The molecule has 0 spiro atoms. The minimum Gasteiger partial charge on any atom is -0.352 e. The second-order valence-corrected chi connectivity index (χ2v) is 4.96. The van der Waals surface area contributed by atoms with Crippen LogP contribution >= 0.6 is 0 Å². The molecule has 1 aliphatic rings. The highest BCUT2D eigenvalue weighted by Crippen LogP contribution is 2.39. The Kier molecular flexibility index (Phi) is 2.29. The fourth-order valence-corrected chi connectivity index (χ4v) is 1.83. The third-order valence-corrected chi connectivity index (χ3v) is 3.04. The summed E-state index contributed by atoms with van der Waals surface area (Å²) in [5, 5.41) is 8.11. The summed E-state index contributed by atoms with van der Waals surface area (Å²) in [6, 6.07) is 1.93. The summed E-state index contributed by atoms with van der Waals surface area (Å²) < 4.78 is 0. The summed E-state index contributed by atoms with van der Waals surface area (Å²) in [6.07, 6.45) is 0. The summed E-state index contributed by atoms with van der Waals surface area (Å²) >= 11 is 0. The zero-order chi connectivity index (χ0) is 12.1. The van der Waals surface area contributed by atoms with E-state index in [-0.39, 0.29) is 11.8 Å². The quantitative estimate of drug-likeness (QED) is 0.663. The summed E-state index contributed by atoms with van der Waals surface area (Å²) in [4.78, 5) is 13.0. The van der Waals surface area contributed by atoms with Crippen LogP contribution in [0.4, 0.5) is 5.82 Å². The maximum Gasteiger partial charge on any atom is 0.240 e. The summed E-state index contributed by atoms with van der Waals surface area (Å²) in [5.74, 6) is 0.618. The molecular formula is C11H14BN3O. The van der Waals surface area contributed by atoms with E-state index >= 15 is 0 Å². The van der Waals surface area contributed by atoms with E-state index in [2.05, 4.69) is 10.2 Å². The second-order valence-electron chi connectivity index (χ2n) is 4.96. The summed E-state index contributed by atoms with van der Waals surface area (Å²) in [6.45, 7) is 7.79. The molecule has 0 saturated heterocycles. The Hall–Kier alpha value is -1.39. The van der Waals surface area contributed by atoms with Gasteiger partial charge in [-0.1, -0.05) is 13.8 Å². The van der Waals surface area contributed by atoms with Crippen molar-refractivity contribution in [2.24, 2.45) is 0 Å². The number of anilines is 1. The molecule has 0 atom stereocenters. The predicted octanol–water partition coefficient (Wildman–Crippen LogP) is 1.31. The van der Waals surface area contributed by atoms with Gasteiger partial charge >= 0.3 is 0 Å². The van der Waals surface area contributed by atoms with Crippen LogP contribution in [-0.4, -0.2) is 24.1 Å². The highest BCUT2D eigenvalue weighted by molar-refractivity contribution is 6.34. The van der Waals surface area contributed by atoms with E-state index < -0.39 is 5.41 Å². The molecule has 0 aromatic carbocycles. The zero-order valence-corrected chi connectivity index (χ0v) is 9.98. The van der Waals surface area contributed by atoms with E-state index in [9.17, 15) is 4.79 Å². The second kappa shape index (κ2) is 3.30. The van der Waals surface area contributed by atoms with Crippen molar-refractivity contribution in [1.29, 1.82) is 0 Å². The van der Waals surface area contributed by atoms with Crippen molar-refractivity contribution in [1.82, 2.24) is 10.2 Å². The van der Waals surface area contributed by atoms with Gasteiger partial charge in [0.15, 0.2) is 0 Å². The van der Waals surface area contributed by atoms with E-state index in [0.29, 0.717) is 5.82 Å². The first kappa shape index (κ1) is 11.1. The fraction of sp³-hybridized carbons (Fsp3) is 0.545. The van der Waals surface area contributed by atoms with E-state index in [4.69, 9.17) is 7.98 Å². The highest BCUT2D eigenvalue weighted by Gasteiger charge is 2.43. The molecule has 2 radical (unpaired) electrons. The molecule has 0 aliphatic carbocycles. The molecular weight excluding hydrogens is 201 g/mol. The van der Waals surface area contributed by atoms with Crippen molar-refractivity contribution in [3.05, 3.63) is 17.3 Å². The number of rotatable bonds is 1. The normalized spacial score (nSPS) is 18.1. The molecule has 0 N–H and O–H groups in total. The Bertz CT molecular complexity index is 457. The van der Waals surface area contributed by atoms with Gasteiger partial charge in [0, 0.05) is 5.56 Å². The van der Waals surface area contributed by atoms with Crippen LogP contribution in [0.15, 0.2) is 6.07 Å². The average Bonchev–Trinajstić information content (AvgIpc) is 2.40. The van der Waals surface area contributed by atoms with Crippen molar-refractivity contribution in [2.75, 3.05) is 4.81 Å². The predicted molar refractivity (Wildman–Crippen MR) is 62.4 cm³/mol. The first-order valence-corrected chi connectivity index (χ1v) is 5.33. The lowest BCUT2D eigenvalue weighted by atomic mass is 9.86. The molecule has 1 aromatic rings. The SMILES string of the molecule is [B]N1C(=O)C(C)(C)c2cc(C(C)C)nnc21. The molecule has 5 heteroatoms. The largest absolute Gasteiger partial charge is 0.352 e. The van der Waals surface area contributed by atoms with Gasteiger partial charge in [0.25, 0.3) is 0 Å². The molecule has 2 rings (SSSR count). The minimum absolute atomic E-state index is 0.141. The lowest BCUT2D eigenvalue weighted by Gasteiger charge is -2.16.